The van der Waals surface area contributed by atoms with E-state index in [1.807, 2.05) is 78.6 Å². The zero-order valence-electron chi connectivity index (χ0n) is 18.8. The van der Waals surface area contributed by atoms with Gasteiger partial charge < -0.3 is 9.80 Å². The van der Waals surface area contributed by atoms with Crippen LogP contribution < -0.4 is 4.90 Å². The Labute approximate surface area is 198 Å². The van der Waals surface area contributed by atoms with Gasteiger partial charge in [-0.25, -0.2) is 9.97 Å². The summed E-state index contributed by atoms with van der Waals surface area (Å²) in [6.45, 7) is 6.84. The molecule has 5 rings (SSSR count). The Morgan fingerprint density at radius 3 is 2.30 bits per heavy atom. The number of fused-ring (bicyclic) bond motifs is 1. The molecule has 2 heterocycles. The van der Waals surface area contributed by atoms with Gasteiger partial charge in [-0.1, -0.05) is 48.0 Å². The summed E-state index contributed by atoms with van der Waals surface area (Å²) in [5.74, 6) is 1.72. The van der Waals surface area contributed by atoms with Gasteiger partial charge in [-0.15, -0.1) is 0 Å². The van der Waals surface area contributed by atoms with Gasteiger partial charge in [-0.05, 0) is 55.0 Å². The van der Waals surface area contributed by atoms with Crippen molar-refractivity contribution in [1.82, 2.24) is 14.9 Å². The SMILES string of the molecule is Cc1nc(-c2ccc(Cl)cc2)nc(N2CCN(C(=O)c3cccc4ccccc34)CC2)c1C. The molecule has 1 aromatic heterocycles. The van der Waals surface area contributed by atoms with Crippen molar-refractivity contribution in [1.29, 1.82) is 0 Å². The van der Waals surface area contributed by atoms with Gasteiger partial charge in [-0.2, -0.15) is 0 Å². The summed E-state index contributed by atoms with van der Waals surface area (Å²) in [6.07, 6.45) is 0. The summed E-state index contributed by atoms with van der Waals surface area (Å²) >= 11 is 6.04. The number of anilines is 1. The number of amides is 1. The number of carbonyl (C=O) groups is 1. The van der Waals surface area contributed by atoms with Gasteiger partial charge in [0.1, 0.15) is 5.82 Å². The molecule has 5 nitrogen and oxygen atoms in total. The van der Waals surface area contributed by atoms with E-state index in [0.29, 0.717) is 23.9 Å². The highest BCUT2D eigenvalue weighted by Crippen LogP contribution is 2.27. The molecule has 166 valence electrons. The molecule has 1 aliphatic rings. The predicted octanol–water partition coefficient (Wildman–Crippen LogP) is 5.53. The molecule has 0 spiro atoms. The van der Waals surface area contributed by atoms with Gasteiger partial charge in [0.2, 0.25) is 0 Å². The zero-order valence-corrected chi connectivity index (χ0v) is 19.5. The maximum atomic E-state index is 13.3. The van der Waals surface area contributed by atoms with Crippen LogP contribution in [0.1, 0.15) is 21.6 Å². The highest BCUT2D eigenvalue weighted by atomic mass is 35.5. The van der Waals surface area contributed by atoms with Crippen LogP contribution >= 0.6 is 11.6 Å². The Morgan fingerprint density at radius 1 is 0.848 bits per heavy atom. The molecule has 0 radical (unpaired) electrons. The lowest BCUT2D eigenvalue weighted by molar-refractivity contribution is 0.0748. The highest BCUT2D eigenvalue weighted by molar-refractivity contribution is 6.30. The van der Waals surface area contributed by atoms with E-state index in [9.17, 15) is 4.79 Å². The van der Waals surface area contributed by atoms with Gasteiger partial charge in [0.05, 0.1) is 0 Å². The van der Waals surface area contributed by atoms with Crippen molar-refractivity contribution >= 4 is 34.1 Å². The smallest absolute Gasteiger partial charge is 0.254 e. The Balaban J connectivity index is 1.37. The molecule has 0 saturated carbocycles. The molecular weight excluding hydrogens is 432 g/mol. The van der Waals surface area contributed by atoms with E-state index in [2.05, 4.69) is 11.8 Å². The van der Waals surface area contributed by atoms with Crippen LogP contribution in [0.2, 0.25) is 5.02 Å². The first kappa shape index (κ1) is 21.4. The number of hydrogen-bond donors (Lipinski definition) is 0. The van der Waals surface area contributed by atoms with Crippen molar-refractivity contribution in [2.24, 2.45) is 0 Å². The summed E-state index contributed by atoms with van der Waals surface area (Å²) in [6, 6.07) is 21.6. The van der Waals surface area contributed by atoms with Crippen LogP contribution in [-0.4, -0.2) is 47.0 Å². The second kappa shape index (κ2) is 8.83. The molecule has 33 heavy (non-hydrogen) atoms. The molecule has 0 unspecified atom stereocenters. The minimum Gasteiger partial charge on any atom is -0.353 e. The van der Waals surface area contributed by atoms with Crippen molar-refractivity contribution < 1.29 is 4.79 Å². The lowest BCUT2D eigenvalue weighted by atomic mass is 10.0. The van der Waals surface area contributed by atoms with Gasteiger partial charge in [0, 0.05) is 53.6 Å². The Kier molecular flexibility index (Phi) is 5.73. The first-order valence-corrected chi connectivity index (χ1v) is 11.5. The molecule has 6 heteroatoms. The van der Waals surface area contributed by atoms with Crippen molar-refractivity contribution in [2.75, 3.05) is 31.1 Å². The summed E-state index contributed by atoms with van der Waals surface area (Å²) in [7, 11) is 0. The van der Waals surface area contributed by atoms with Gasteiger partial charge >= 0.3 is 0 Å². The fraction of sp³-hybridized carbons (Fsp3) is 0.222. The molecule has 0 bridgehead atoms. The molecule has 1 aliphatic heterocycles. The normalized spacial score (nSPS) is 14.0. The van der Waals surface area contributed by atoms with Gasteiger partial charge in [0.25, 0.3) is 5.91 Å². The molecule has 0 aliphatic carbocycles. The Hall–Kier alpha value is -3.44. The molecule has 1 fully saturated rings. The predicted molar refractivity (Wildman–Crippen MR) is 134 cm³/mol. The average Bonchev–Trinajstić information content (AvgIpc) is 2.85. The number of carbonyl (C=O) groups excluding carboxylic acids is 1. The second-order valence-corrected chi connectivity index (χ2v) is 8.83. The zero-order chi connectivity index (χ0) is 22.9. The summed E-state index contributed by atoms with van der Waals surface area (Å²) in [5.41, 5.74) is 3.73. The quantitative estimate of drug-likeness (QED) is 0.406. The summed E-state index contributed by atoms with van der Waals surface area (Å²) < 4.78 is 0. The minimum atomic E-state index is 0.0869. The third kappa shape index (κ3) is 4.16. The number of aromatic nitrogens is 2. The topological polar surface area (TPSA) is 49.3 Å². The molecule has 3 aromatic carbocycles. The lowest BCUT2D eigenvalue weighted by Gasteiger charge is -2.36. The van der Waals surface area contributed by atoms with Crippen molar-refractivity contribution in [3.63, 3.8) is 0 Å². The van der Waals surface area contributed by atoms with Crippen LogP contribution in [0.15, 0.2) is 66.7 Å². The van der Waals surface area contributed by atoms with E-state index in [0.717, 1.165) is 52.1 Å². The van der Waals surface area contributed by atoms with Crippen LogP contribution in [0.4, 0.5) is 5.82 Å². The summed E-state index contributed by atoms with van der Waals surface area (Å²) in [5, 5.41) is 2.78. The minimum absolute atomic E-state index is 0.0869. The third-order valence-corrected chi connectivity index (χ3v) is 6.60. The molecule has 4 aromatic rings. The van der Waals surface area contributed by atoms with E-state index in [1.54, 1.807) is 0 Å². The molecule has 1 saturated heterocycles. The van der Waals surface area contributed by atoms with Crippen LogP contribution in [0.5, 0.6) is 0 Å². The fourth-order valence-electron chi connectivity index (χ4n) is 4.35. The number of nitrogens with zero attached hydrogens (tertiary/aromatic N) is 4. The summed E-state index contributed by atoms with van der Waals surface area (Å²) in [4.78, 5) is 27.1. The largest absolute Gasteiger partial charge is 0.353 e. The molecule has 0 atom stereocenters. The van der Waals surface area contributed by atoms with Crippen LogP contribution in [0.25, 0.3) is 22.2 Å². The molecule has 0 N–H and O–H groups in total. The van der Waals surface area contributed by atoms with Crippen LogP contribution in [0, 0.1) is 13.8 Å². The number of halogens is 1. The first-order chi connectivity index (χ1) is 16.0. The molecular formula is C27H25ClN4O. The van der Waals surface area contributed by atoms with E-state index in [1.165, 1.54) is 0 Å². The maximum absolute atomic E-state index is 13.3. The number of aryl methyl sites for hydroxylation is 1. The van der Waals surface area contributed by atoms with E-state index < -0.39 is 0 Å². The number of piperazine rings is 1. The standard InChI is InChI=1S/C27H25ClN4O/c1-18-19(2)29-25(21-10-12-22(28)13-11-21)30-26(18)31-14-16-32(17-15-31)27(33)24-9-5-7-20-6-3-4-8-23(20)24/h3-13H,14-17H2,1-2H3. The molecule has 1 amide bonds. The van der Waals surface area contributed by atoms with Crippen molar-refractivity contribution in [3.05, 3.63) is 88.6 Å². The van der Waals surface area contributed by atoms with E-state index in [-0.39, 0.29) is 5.91 Å². The Bertz CT molecular complexity index is 1320. The Morgan fingerprint density at radius 2 is 1.55 bits per heavy atom. The van der Waals surface area contributed by atoms with Crippen molar-refractivity contribution in [2.45, 2.75) is 13.8 Å². The first-order valence-electron chi connectivity index (χ1n) is 11.1. The number of rotatable bonds is 3. The highest BCUT2D eigenvalue weighted by Gasteiger charge is 2.25. The van der Waals surface area contributed by atoms with Gasteiger partial charge in [0.15, 0.2) is 5.82 Å². The number of benzene rings is 3. The van der Waals surface area contributed by atoms with Crippen LogP contribution in [0.3, 0.4) is 0 Å². The second-order valence-electron chi connectivity index (χ2n) is 8.39. The maximum Gasteiger partial charge on any atom is 0.254 e. The van der Waals surface area contributed by atoms with Gasteiger partial charge in [-0.3, -0.25) is 4.79 Å². The number of hydrogen-bond acceptors (Lipinski definition) is 4. The monoisotopic (exact) mass is 456 g/mol. The average molecular weight is 457 g/mol. The van der Waals surface area contributed by atoms with Crippen LogP contribution in [-0.2, 0) is 0 Å². The lowest BCUT2D eigenvalue weighted by Crippen LogP contribution is -2.49. The van der Waals surface area contributed by atoms with E-state index >= 15 is 0 Å². The van der Waals surface area contributed by atoms with Crippen molar-refractivity contribution in [3.8, 4) is 11.4 Å². The third-order valence-electron chi connectivity index (χ3n) is 6.35. The van der Waals surface area contributed by atoms with E-state index in [4.69, 9.17) is 21.6 Å². The fourth-order valence-corrected chi connectivity index (χ4v) is 4.48.